The molecule has 0 aromatic rings. The molecule has 1 aliphatic carbocycles. The summed E-state index contributed by atoms with van der Waals surface area (Å²) in [6.45, 7) is 2.35. The third kappa shape index (κ3) is 0.798. The van der Waals surface area contributed by atoms with E-state index in [0.29, 0.717) is 5.92 Å². The summed E-state index contributed by atoms with van der Waals surface area (Å²) < 4.78 is 0. The summed E-state index contributed by atoms with van der Waals surface area (Å²) in [5.41, 5.74) is 0. The lowest BCUT2D eigenvalue weighted by Gasteiger charge is -2.54. The van der Waals surface area contributed by atoms with Crippen LogP contribution >= 0.6 is 0 Å². The molecule has 0 amide bonds. The lowest BCUT2D eigenvalue weighted by atomic mass is 9.67. The van der Waals surface area contributed by atoms with Gasteiger partial charge >= 0.3 is 0 Å². The van der Waals surface area contributed by atoms with Crippen LogP contribution in [0.3, 0.4) is 0 Å². The van der Waals surface area contributed by atoms with E-state index in [9.17, 15) is 5.11 Å². The number of hydrogen-bond acceptors (Lipinski definition) is 2. The van der Waals surface area contributed by atoms with Crippen LogP contribution in [0.5, 0.6) is 0 Å². The maximum Gasteiger partial charge on any atom is 0.110 e. The average Bonchev–Trinajstić information content (AvgIpc) is 1.98. The molecule has 5 atom stereocenters. The summed E-state index contributed by atoms with van der Waals surface area (Å²) in [6, 6.07) is 0. The molecule has 11 heavy (non-hydrogen) atoms. The van der Waals surface area contributed by atoms with Crippen LogP contribution < -0.4 is 0 Å². The van der Waals surface area contributed by atoms with Gasteiger partial charge in [-0.15, -0.1) is 0 Å². The quantitative estimate of drug-likeness (QED) is 0.553. The van der Waals surface area contributed by atoms with Crippen molar-refractivity contribution >= 4 is 0 Å². The van der Waals surface area contributed by atoms with Crippen molar-refractivity contribution in [2.75, 3.05) is 13.1 Å². The standard InChI is InChI=1S/C9H15NO/c11-9-8-2-6-1-7(3-8)5-10(9)4-6/h6-9,11H,1-5H2/t6-,7+,8?,9?. The Balaban J connectivity index is 1.91. The van der Waals surface area contributed by atoms with Crippen LogP contribution in [0.2, 0.25) is 0 Å². The lowest BCUT2D eigenvalue weighted by molar-refractivity contribution is -0.155. The first-order valence-corrected chi connectivity index (χ1v) is 4.75. The first kappa shape index (κ1) is 6.44. The number of hydrogen-bond donors (Lipinski definition) is 1. The first-order valence-electron chi connectivity index (χ1n) is 4.75. The highest BCUT2D eigenvalue weighted by molar-refractivity contribution is 4.95. The van der Waals surface area contributed by atoms with Gasteiger partial charge in [0.2, 0.25) is 0 Å². The first-order chi connectivity index (χ1) is 5.33. The van der Waals surface area contributed by atoms with Crippen molar-refractivity contribution in [2.45, 2.75) is 25.5 Å². The van der Waals surface area contributed by atoms with Gasteiger partial charge in [0.05, 0.1) is 0 Å². The van der Waals surface area contributed by atoms with Crippen molar-refractivity contribution in [3.05, 3.63) is 0 Å². The molecule has 62 valence electrons. The van der Waals surface area contributed by atoms with E-state index in [4.69, 9.17) is 0 Å². The van der Waals surface area contributed by atoms with Gasteiger partial charge in [0.15, 0.2) is 0 Å². The third-order valence-corrected chi connectivity index (χ3v) is 3.72. The average molecular weight is 153 g/mol. The van der Waals surface area contributed by atoms with E-state index in [-0.39, 0.29) is 6.23 Å². The number of rotatable bonds is 0. The minimum Gasteiger partial charge on any atom is -0.378 e. The van der Waals surface area contributed by atoms with Crippen LogP contribution in [0.25, 0.3) is 0 Å². The predicted molar refractivity (Wildman–Crippen MR) is 41.9 cm³/mol. The fraction of sp³-hybridized carbons (Fsp3) is 1.00. The van der Waals surface area contributed by atoms with Gasteiger partial charge in [-0.2, -0.15) is 0 Å². The molecule has 2 nitrogen and oxygen atoms in total. The fourth-order valence-electron chi connectivity index (χ4n) is 3.41. The molecule has 2 heteroatoms. The molecule has 4 aliphatic rings. The van der Waals surface area contributed by atoms with E-state index in [1.807, 2.05) is 0 Å². The summed E-state index contributed by atoms with van der Waals surface area (Å²) in [5.74, 6) is 2.48. The molecule has 3 saturated heterocycles. The second-order valence-corrected chi connectivity index (χ2v) is 4.57. The molecule has 3 heterocycles. The van der Waals surface area contributed by atoms with E-state index in [0.717, 1.165) is 11.8 Å². The van der Waals surface area contributed by atoms with Crippen LogP contribution in [-0.2, 0) is 0 Å². The van der Waals surface area contributed by atoms with Crippen LogP contribution in [0.15, 0.2) is 0 Å². The molecule has 0 spiro atoms. The minimum atomic E-state index is -0.0807. The number of aliphatic hydroxyl groups excluding tert-OH is 1. The van der Waals surface area contributed by atoms with Gasteiger partial charge in [-0.05, 0) is 37.0 Å². The maximum absolute atomic E-state index is 9.75. The maximum atomic E-state index is 9.75. The van der Waals surface area contributed by atoms with Crippen LogP contribution in [0.4, 0.5) is 0 Å². The SMILES string of the molecule is OC1C2C[C@@H]3C[C@H](C2)CN1C3. The predicted octanol–water partition coefficient (Wildman–Crippen LogP) is 0.667. The second kappa shape index (κ2) is 1.99. The second-order valence-electron chi connectivity index (χ2n) is 4.57. The van der Waals surface area contributed by atoms with Crippen molar-refractivity contribution < 1.29 is 5.11 Å². The Kier molecular flexibility index (Phi) is 1.16. The van der Waals surface area contributed by atoms with Gasteiger partial charge in [-0.3, -0.25) is 4.90 Å². The van der Waals surface area contributed by atoms with E-state index < -0.39 is 0 Å². The fourth-order valence-corrected chi connectivity index (χ4v) is 3.41. The smallest absolute Gasteiger partial charge is 0.110 e. The Morgan fingerprint density at radius 3 is 2.18 bits per heavy atom. The van der Waals surface area contributed by atoms with Crippen LogP contribution in [0, 0.1) is 17.8 Å². The Morgan fingerprint density at radius 1 is 1.00 bits per heavy atom. The highest BCUT2D eigenvalue weighted by Crippen LogP contribution is 2.45. The van der Waals surface area contributed by atoms with Gasteiger partial charge in [0.25, 0.3) is 0 Å². The molecule has 4 fully saturated rings. The molecule has 0 aromatic heterocycles. The highest BCUT2D eigenvalue weighted by Gasteiger charge is 2.46. The van der Waals surface area contributed by atoms with E-state index >= 15 is 0 Å². The van der Waals surface area contributed by atoms with Crippen LogP contribution in [0.1, 0.15) is 19.3 Å². The van der Waals surface area contributed by atoms with Gasteiger partial charge in [-0.25, -0.2) is 0 Å². The Labute approximate surface area is 67.2 Å². The van der Waals surface area contributed by atoms with E-state index in [2.05, 4.69) is 4.90 Å². The highest BCUT2D eigenvalue weighted by atomic mass is 16.3. The lowest BCUT2D eigenvalue weighted by Crippen LogP contribution is -2.59. The molecule has 3 aliphatic heterocycles. The normalized spacial score (nSPS) is 60.3. The van der Waals surface area contributed by atoms with Gasteiger partial charge in [0, 0.05) is 13.1 Å². The van der Waals surface area contributed by atoms with Crippen LogP contribution in [-0.4, -0.2) is 29.3 Å². The molecule has 4 rings (SSSR count). The summed E-state index contributed by atoms with van der Waals surface area (Å²) >= 11 is 0. The summed E-state index contributed by atoms with van der Waals surface area (Å²) in [4.78, 5) is 2.29. The monoisotopic (exact) mass is 153 g/mol. The number of piperidine rings is 3. The summed E-state index contributed by atoms with van der Waals surface area (Å²) in [7, 11) is 0. The van der Waals surface area contributed by atoms with Crippen molar-refractivity contribution in [1.82, 2.24) is 4.90 Å². The topological polar surface area (TPSA) is 23.5 Å². The molecular weight excluding hydrogens is 138 g/mol. The van der Waals surface area contributed by atoms with Crippen molar-refractivity contribution in [2.24, 2.45) is 17.8 Å². The Hall–Kier alpha value is -0.0800. The van der Waals surface area contributed by atoms with Crippen molar-refractivity contribution in [3.63, 3.8) is 0 Å². The number of aliphatic hydroxyl groups is 1. The van der Waals surface area contributed by atoms with Crippen molar-refractivity contribution in [1.29, 1.82) is 0 Å². The third-order valence-electron chi connectivity index (χ3n) is 3.72. The van der Waals surface area contributed by atoms with Gasteiger partial charge in [0.1, 0.15) is 6.23 Å². The van der Waals surface area contributed by atoms with E-state index in [1.54, 1.807) is 0 Å². The molecule has 4 bridgehead atoms. The molecule has 1 N–H and O–H groups in total. The summed E-state index contributed by atoms with van der Waals surface area (Å²) in [5, 5.41) is 9.75. The zero-order chi connectivity index (χ0) is 7.42. The molecule has 0 radical (unpaired) electrons. The number of nitrogens with zero attached hydrogens (tertiary/aromatic N) is 1. The zero-order valence-electron chi connectivity index (χ0n) is 6.74. The molecule has 3 unspecified atom stereocenters. The zero-order valence-corrected chi connectivity index (χ0v) is 6.74. The Bertz CT molecular complexity index is 152. The molecular formula is C9H15NO. The van der Waals surface area contributed by atoms with Crippen molar-refractivity contribution in [3.8, 4) is 0 Å². The van der Waals surface area contributed by atoms with Gasteiger partial charge in [-0.1, -0.05) is 0 Å². The van der Waals surface area contributed by atoms with Gasteiger partial charge < -0.3 is 5.11 Å². The van der Waals surface area contributed by atoms with E-state index in [1.165, 1.54) is 32.4 Å². The minimum absolute atomic E-state index is 0.0807. The summed E-state index contributed by atoms with van der Waals surface area (Å²) in [6.07, 6.45) is 3.96. The largest absolute Gasteiger partial charge is 0.378 e. The molecule has 0 aromatic carbocycles. The Morgan fingerprint density at radius 2 is 1.64 bits per heavy atom. The molecule has 1 saturated carbocycles.